The van der Waals surface area contributed by atoms with Crippen molar-refractivity contribution in [2.45, 2.75) is 238 Å². The number of rotatable bonds is 44. The summed E-state index contributed by atoms with van der Waals surface area (Å²) in [5, 5.41) is 23.3. The van der Waals surface area contributed by atoms with Gasteiger partial charge in [0.1, 0.15) is 18.8 Å². The van der Waals surface area contributed by atoms with E-state index in [1.54, 1.807) is 0 Å². The summed E-state index contributed by atoms with van der Waals surface area (Å²) in [6.07, 6.45) is 34.3. The molecule has 0 bridgehead atoms. The molecule has 0 aliphatic carbocycles. The van der Waals surface area contributed by atoms with E-state index in [9.17, 15) is 29.1 Å². The molecule has 3 atom stereocenters. The largest absolute Gasteiger partial charge is 0.481 e. The fourth-order valence-corrected chi connectivity index (χ4v) is 7.91. The van der Waals surface area contributed by atoms with Crippen molar-refractivity contribution in [2.24, 2.45) is 5.73 Å². The van der Waals surface area contributed by atoms with Crippen molar-refractivity contribution in [1.82, 2.24) is 10.6 Å². The van der Waals surface area contributed by atoms with Crippen LogP contribution in [0.25, 0.3) is 0 Å². The van der Waals surface area contributed by atoms with Gasteiger partial charge in [0, 0.05) is 30.9 Å². The van der Waals surface area contributed by atoms with Crippen LogP contribution in [0.4, 0.5) is 4.79 Å². The van der Waals surface area contributed by atoms with E-state index in [2.05, 4.69) is 24.5 Å². The minimum Gasteiger partial charge on any atom is -0.481 e. The maximum absolute atomic E-state index is 12.8. The van der Waals surface area contributed by atoms with E-state index in [0.717, 1.165) is 38.5 Å². The number of carboxylic acids is 2. The molecular formula is C46H88ClN3O9S. The molecule has 0 aromatic rings. The van der Waals surface area contributed by atoms with Gasteiger partial charge >= 0.3 is 24.0 Å². The van der Waals surface area contributed by atoms with Crippen LogP contribution in [0, 0.1) is 0 Å². The number of carbonyl (C=O) groups excluding carboxylic acids is 3. The average molecular weight is 895 g/mol. The zero-order valence-corrected chi connectivity index (χ0v) is 39.5. The molecule has 0 saturated heterocycles. The van der Waals surface area contributed by atoms with E-state index in [0.29, 0.717) is 13.0 Å². The summed E-state index contributed by atoms with van der Waals surface area (Å²) < 4.78 is 11.1. The second kappa shape index (κ2) is 44.8. The van der Waals surface area contributed by atoms with Crippen LogP contribution in [-0.2, 0) is 28.7 Å². The van der Waals surface area contributed by atoms with Gasteiger partial charge in [0.25, 0.3) is 0 Å². The van der Waals surface area contributed by atoms with Crippen LogP contribution in [0.15, 0.2) is 0 Å². The number of esters is 1. The number of carboxylic acid groups (broad SMARTS) is 2. The summed E-state index contributed by atoms with van der Waals surface area (Å²) >= 11 is 1.22. The van der Waals surface area contributed by atoms with Crippen LogP contribution in [-0.4, -0.2) is 83.0 Å². The molecule has 0 heterocycles. The Kier molecular flexibility index (Phi) is 44.7. The standard InChI is InChI=1S/C46H87N3O9S.ClH/c1-3-5-7-9-11-13-15-17-18-19-21-23-25-27-29-31-35-48-46(56)57-36-39(37-59-38-40(47)44(53)49-41(45(54)55)33-34-42(50)51)58-43(52)32-30-28-26-24-22-20-16-14-12-10-8-6-4-2;/h39-41H,3-38,47H2,1-2H3,(H,48,56)(H,49,53)(H,50,51)(H,54,55);1H/t39-,40+,41+;/m1./s1. The molecule has 0 rings (SSSR count). The second-order valence-corrected chi connectivity index (χ2v) is 17.5. The Hall–Kier alpha value is -2.25. The lowest BCUT2D eigenvalue weighted by molar-refractivity contribution is -0.150. The third-order valence-corrected chi connectivity index (χ3v) is 11.9. The summed E-state index contributed by atoms with van der Waals surface area (Å²) in [4.78, 5) is 60.1. The van der Waals surface area contributed by atoms with Gasteiger partial charge in [0.2, 0.25) is 5.91 Å². The zero-order valence-electron chi connectivity index (χ0n) is 37.8. The lowest BCUT2D eigenvalue weighted by atomic mass is 10.0. The topological polar surface area (TPSA) is 194 Å². The molecule has 2 amide bonds. The predicted molar refractivity (Wildman–Crippen MR) is 248 cm³/mol. The number of aliphatic carboxylic acids is 2. The Labute approximate surface area is 375 Å². The molecule has 60 heavy (non-hydrogen) atoms. The van der Waals surface area contributed by atoms with Gasteiger partial charge in [-0.1, -0.05) is 187 Å². The molecule has 354 valence electrons. The Bertz CT molecular complexity index is 1060. The minimum atomic E-state index is -1.38. The highest BCUT2D eigenvalue weighted by Gasteiger charge is 2.25. The highest BCUT2D eigenvalue weighted by molar-refractivity contribution is 7.99. The predicted octanol–water partition coefficient (Wildman–Crippen LogP) is 11.3. The molecular weight excluding hydrogens is 806 g/mol. The monoisotopic (exact) mass is 894 g/mol. The summed E-state index contributed by atoms with van der Waals surface area (Å²) in [6, 6.07) is -2.46. The summed E-state index contributed by atoms with van der Waals surface area (Å²) in [5.41, 5.74) is 6.00. The number of alkyl carbamates (subject to hydrolysis) is 1. The maximum Gasteiger partial charge on any atom is 0.407 e. The Morgan fingerprint density at radius 1 is 0.583 bits per heavy atom. The number of nitrogens with one attached hydrogen (secondary N) is 2. The van der Waals surface area contributed by atoms with Crippen LogP contribution in [0.1, 0.15) is 219 Å². The van der Waals surface area contributed by atoms with E-state index in [1.165, 1.54) is 153 Å². The molecule has 0 radical (unpaired) electrons. The molecule has 0 saturated carbocycles. The Morgan fingerprint density at radius 2 is 1.00 bits per heavy atom. The van der Waals surface area contributed by atoms with Gasteiger partial charge in [0.05, 0.1) is 6.04 Å². The molecule has 0 aromatic heterocycles. The Balaban J connectivity index is 0. The molecule has 0 aliphatic rings. The van der Waals surface area contributed by atoms with Crippen molar-refractivity contribution < 1.29 is 43.7 Å². The molecule has 0 fully saturated rings. The first-order valence-electron chi connectivity index (χ1n) is 23.8. The molecule has 0 spiro atoms. The van der Waals surface area contributed by atoms with Gasteiger partial charge in [0.15, 0.2) is 0 Å². The third kappa shape index (κ3) is 41.1. The van der Waals surface area contributed by atoms with Crippen molar-refractivity contribution >= 4 is 54.1 Å². The Morgan fingerprint density at radius 3 is 1.42 bits per heavy atom. The number of nitrogens with two attached hydrogens (primary N) is 1. The smallest absolute Gasteiger partial charge is 0.407 e. The van der Waals surface area contributed by atoms with E-state index in [4.69, 9.17) is 20.3 Å². The van der Waals surface area contributed by atoms with Crippen LogP contribution >= 0.6 is 24.2 Å². The van der Waals surface area contributed by atoms with Gasteiger partial charge in [-0.3, -0.25) is 14.4 Å². The fraction of sp³-hybridized carbons (Fsp3) is 0.891. The number of thioether (sulfide) groups is 1. The number of ether oxygens (including phenoxy) is 2. The van der Waals surface area contributed by atoms with Crippen LogP contribution in [0.2, 0.25) is 0 Å². The minimum absolute atomic E-state index is 0. The summed E-state index contributed by atoms with van der Waals surface area (Å²) in [6.45, 7) is 4.85. The van der Waals surface area contributed by atoms with Crippen molar-refractivity contribution in [3.63, 3.8) is 0 Å². The van der Waals surface area contributed by atoms with Crippen molar-refractivity contribution in [3.05, 3.63) is 0 Å². The number of amides is 2. The quantitative estimate of drug-likeness (QED) is 0.0288. The molecule has 0 aromatic carbocycles. The number of carbonyl (C=O) groups is 5. The van der Waals surface area contributed by atoms with Crippen LogP contribution < -0.4 is 16.4 Å². The first-order valence-corrected chi connectivity index (χ1v) is 24.9. The maximum atomic E-state index is 12.8. The summed E-state index contributed by atoms with van der Waals surface area (Å²) in [5.74, 6) is -3.33. The summed E-state index contributed by atoms with van der Waals surface area (Å²) in [7, 11) is 0. The van der Waals surface area contributed by atoms with Crippen molar-refractivity contribution in [3.8, 4) is 0 Å². The van der Waals surface area contributed by atoms with Crippen molar-refractivity contribution in [2.75, 3.05) is 24.7 Å². The third-order valence-electron chi connectivity index (χ3n) is 10.7. The van der Waals surface area contributed by atoms with Gasteiger partial charge in [-0.15, -0.1) is 12.4 Å². The van der Waals surface area contributed by atoms with E-state index >= 15 is 0 Å². The van der Waals surface area contributed by atoms with Gasteiger partial charge in [-0.05, 0) is 19.3 Å². The highest BCUT2D eigenvalue weighted by Crippen LogP contribution is 2.16. The molecule has 6 N–H and O–H groups in total. The van der Waals surface area contributed by atoms with Crippen LogP contribution in [0.5, 0.6) is 0 Å². The van der Waals surface area contributed by atoms with Gasteiger partial charge in [-0.25, -0.2) is 9.59 Å². The first-order chi connectivity index (χ1) is 28.6. The fourth-order valence-electron chi connectivity index (χ4n) is 6.94. The normalized spacial score (nSPS) is 12.5. The number of unbranched alkanes of at least 4 members (excludes halogenated alkanes) is 27. The van der Waals surface area contributed by atoms with Crippen LogP contribution in [0.3, 0.4) is 0 Å². The van der Waals surface area contributed by atoms with Crippen molar-refractivity contribution in [1.29, 1.82) is 0 Å². The second-order valence-electron chi connectivity index (χ2n) is 16.4. The number of hydrogen-bond donors (Lipinski definition) is 5. The van der Waals surface area contributed by atoms with Gasteiger partial charge in [-0.2, -0.15) is 11.8 Å². The SMILES string of the molecule is CCCCCCCCCCCCCCCCCCNC(=O)OC[C@H](CSC[C@H](N)C(=O)N[C@@H](CCC(=O)O)C(=O)O)OC(=O)CCCCCCCCCCCCCCC.Cl. The van der Waals surface area contributed by atoms with E-state index in [-0.39, 0.29) is 49.3 Å². The van der Waals surface area contributed by atoms with Gasteiger partial charge < -0.3 is 36.1 Å². The van der Waals surface area contributed by atoms with E-state index < -0.39 is 48.5 Å². The first kappa shape index (κ1) is 59.8. The lowest BCUT2D eigenvalue weighted by Crippen LogP contribution is -2.49. The number of halogens is 1. The molecule has 14 heteroatoms. The molecule has 0 aliphatic heterocycles. The molecule has 12 nitrogen and oxygen atoms in total. The zero-order chi connectivity index (χ0) is 43.6. The molecule has 0 unspecified atom stereocenters. The van der Waals surface area contributed by atoms with E-state index in [1.807, 2.05) is 0 Å². The average Bonchev–Trinajstić information content (AvgIpc) is 3.20. The number of hydrogen-bond acceptors (Lipinski definition) is 9. The lowest BCUT2D eigenvalue weighted by Gasteiger charge is -2.20. The highest BCUT2D eigenvalue weighted by atomic mass is 35.5.